The second-order valence-electron chi connectivity index (χ2n) is 7.34. The highest BCUT2D eigenvalue weighted by Crippen LogP contribution is 2.40. The maximum absolute atomic E-state index is 13.4. The Morgan fingerprint density at radius 3 is 2.79 bits per heavy atom. The lowest BCUT2D eigenvalue weighted by atomic mass is 9.84. The summed E-state index contributed by atoms with van der Waals surface area (Å²) in [5, 5.41) is 2.84. The molecule has 0 bridgehead atoms. The summed E-state index contributed by atoms with van der Waals surface area (Å²) in [5.74, 6) is 0.577. The van der Waals surface area contributed by atoms with E-state index in [2.05, 4.69) is 10.2 Å². The molecule has 1 fully saturated rings. The van der Waals surface area contributed by atoms with Crippen molar-refractivity contribution in [3.8, 4) is 0 Å². The molecule has 1 N–H and O–H groups in total. The Morgan fingerprint density at radius 1 is 1.21 bits per heavy atom. The van der Waals surface area contributed by atoms with Crippen molar-refractivity contribution in [1.29, 1.82) is 0 Å². The summed E-state index contributed by atoms with van der Waals surface area (Å²) < 4.78 is 52.8. The molecule has 2 aliphatic heterocycles. The first-order valence-electron chi connectivity index (χ1n) is 9.39. The van der Waals surface area contributed by atoms with Crippen molar-refractivity contribution in [3.63, 3.8) is 0 Å². The lowest BCUT2D eigenvalue weighted by Crippen LogP contribution is -2.55. The molecule has 0 radical (unpaired) electrons. The molecular formula is C21H20F4N2OS. The third-order valence-electron chi connectivity index (χ3n) is 5.48. The van der Waals surface area contributed by atoms with Crippen LogP contribution in [0, 0.1) is 11.7 Å². The van der Waals surface area contributed by atoms with E-state index in [4.69, 9.17) is 0 Å². The minimum absolute atomic E-state index is 0.0644. The SMILES string of the molecule is O=C(NCc1cccc(F)c1)C1Cc2cc(C(F)(F)F)ccc2N2CCSCC12. The molecule has 29 heavy (non-hydrogen) atoms. The number of alkyl halides is 3. The van der Waals surface area contributed by atoms with Crippen molar-refractivity contribution in [1.82, 2.24) is 5.32 Å². The van der Waals surface area contributed by atoms with Crippen LogP contribution in [0.3, 0.4) is 0 Å². The van der Waals surface area contributed by atoms with E-state index in [1.54, 1.807) is 23.9 Å². The number of rotatable bonds is 3. The van der Waals surface area contributed by atoms with Gasteiger partial charge >= 0.3 is 6.18 Å². The third kappa shape index (κ3) is 4.22. The number of nitrogens with one attached hydrogen (secondary N) is 1. The monoisotopic (exact) mass is 424 g/mol. The molecule has 4 rings (SSSR count). The molecule has 2 aliphatic rings. The van der Waals surface area contributed by atoms with Crippen molar-refractivity contribution in [2.24, 2.45) is 5.92 Å². The highest BCUT2D eigenvalue weighted by Gasteiger charge is 2.41. The average Bonchev–Trinajstić information content (AvgIpc) is 2.70. The van der Waals surface area contributed by atoms with E-state index in [1.807, 2.05) is 0 Å². The van der Waals surface area contributed by atoms with Gasteiger partial charge in [0, 0.05) is 36.3 Å². The van der Waals surface area contributed by atoms with E-state index < -0.39 is 17.7 Å². The number of anilines is 1. The zero-order valence-corrected chi connectivity index (χ0v) is 16.3. The fourth-order valence-electron chi connectivity index (χ4n) is 4.07. The van der Waals surface area contributed by atoms with Gasteiger partial charge in [0.2, 0.25) is 5.91 Å². The highest BCUT2D eigenvalue weighted by molar-refractivity contribution is 7.99. The van der Waals surface area contributed by atoms with Gasteiger partial charge in [-0.1, -0.05) is 12.1 Å². The van der Waals surface area contributed by atoms with E-state index in [0.29, 0.717) is 17.7 Å². The van der Waals surface area contributed by atoms with Crippen LogP contribution in [-0.4, -0.2) is 30.0 Å². The summed E-state index contributed by atoms with van der Waals surface area (Å²) in [7, 11) is 0. The first-order chi connectivity index (χ1) is 13.8. The summed E-state index contributed by atoms with van der Waals surface area (Å²) >= 11 is 1.75. The van der Waals surface area contributed by atoms with Gasteiger partial charge in [-0.3, -0.25) is 4.79 Å². The Kier molecular flexibility index (Phi) is 5.46. The molecular weight excluding hydrogens is 404 g/mol. The molecule has 3 nitrogen and oxygen atoms in total. The van der Waals surface area contributed by atoms with Crippen molar-refractivity contribution in [2.45, 2.75) is 25.2 Å². The first-order valence-corrected chi connectivity index (χ1v) is 10.5. The normalized spacial score (nSPS) is 21.3. The third-order valence-corrected chi connectivity index (χ3v) is 6.53. The summed E-state index contributed by atoms with van der Waals surface area (Å²) in [5.41, 5.74) is 1.29. The van der Waals surface area contributed by atoms with Crippen LogP contribution >= 0.6 is 11.8 Å². The zero-order valence-electron chi connectivity index (χ0n) is 15.5. The van der Waals surface area contributed by atoms with E-state index in [9.17, 15) is 22.4 Å². The number of thioether (sulfide) groups is 1. The predicted octanol–water partition coefficient (Wildman–Crippen LogP) is 4.26. The summed E-state index contributed by atoms with van der Waals surface area (Å²) in [4.78, 5) is 15.0. The number of nitrogens with zero attached hydrogens (tertiary/aromatic N) is 1. The second kappa shape index (κ2) is 7.89. The molecule has 154 valence electrons. The number of benzene rings is 2. The smallest absolute Gasteiger partial charge is 0.366 e. The molecule has 0 aliphatic carbocycles. The number of amides is 1. The van der Waals surface area contributed by atoms with Crippen LogP contribution in [0.1, 0.15) is 16.7 Å². The van der Waals surface area contributed by atoms with Gasteiger partial charge in [-0.15, -0.1) is 0 Å². The van der Waals surface area contributed by atoms with Crippen LogP contribution in [0.4, 0.5) is 23.2 Å². The quantitative estimate of drug-likeness (QED) is 0.748. The topological polar surface area (TPSA) is 32.3 Å². The molecule has 2 aromatic rings. The van der Waals surface area contributed by atoms with Gasteiger partial charge in [0.05, 0.1) is 11.5 Å². The van der Waals surface area contributed by atoms with Gasteiger partial charge < -0.3 is 10.2 Å². The van der Waals surface area contributed by atoms with Gasteiger partial charge in [-0.05, 0) is 47.9 Å². The zero-order chi connectivity index (χ0) is 20.6. The number of halogens is 4. The molecule has 0 aromatic heterocycles. The van der Waals surface area contributed by atoms with Crippen molar-refractivity contribution >= 4 is 23.4 Å². The van der Waals surface area contributed by atoms with E-state index in [1.165, 1.54) is 24.3 Å². The van der Waals surface area contributed by atoms with Crippen LogP contribution in [-0.2, 0) is 23.9 Å². The summed E-state index contributed by atoms with van der Waals surface area (Å²) in [6.45, 7) is 0.879. The standard InChI is InChI=1S/C21H20F4N2OS/c22-16-3-1-2-13(8-16)11-26-20(28)17-10-14-9-15(21(23,24)25)4-5-18(14)27-6-7-29-12-19(17)27/h1-5,8-9,17,19H,6-7,10-12H2,(H,26,28). The maximum Gasteiger partial charge on any atom is 0.416 e. The molecule has 1 amide bonds. The lowest BCUT2D eigenvalue weighted by Gasteiger charge is -2.45. The van der Waals surface area contributed by atoms with Crippen molar-refractivity contribution in [3.05, 3.63) is 65.0 Å². The van der Waals surface area contributed by atoms with Gasteiger partial charge in [0.1, 0.15) is 5.82 Å². The van der Waals surface area contributed by atoms with E-state index in [-0.39, 0.29) is 30.7 Å². The van der Waals surface area contributed by atoms with Crippen LogP contribution in [0.5, 0.6) is 0 Å². The van der Waals surface area contributed by atoms with E-state index >= 15 is 0 Å². The van der Waals surface area contributed by atoms with Crippen LogP contribution < -0.4 is 10.2 Å². The summed E-state index contributed by atoms with van der Waals surface area (Å²) in [6, 6.07) is 9.73. The second-order valence-corrected chi connectivity index (χ2v) is 8.49. The number of hydrogen-bond donors (Lipinski definition) is 1. The number of carbonyl (C=O) groups excluding carboxylic acids is 1. The lowest BCUT2D eigenvalue weighted by molar-refractivity contribution is -0.137. The number of fused-ring (bicyclic) bond motifs is 3. The Balaban J connectivity index is 1.57. The molecule has 2 aromatic carbocycles. The minimum atomic E-state index is -4.42. The Hall–Kier alpha value is -2.22. The maximum atomic E-state index is 13.4. The molecule has 0 saturated carbocycles. The minimum Gasteiger partial charge on any atom is -0.366 e. The number of hydrogen-bond acceptors (Lipinski definition) is 3. The largest absolute Gasteiger partial charge is 0.416 e. The van der Waals surface area contributed by atoms with E-state index in [0.717, 1.165) is 23.3 Å². The predicted molar refractivity (Wildman–Crippen MR) is 105 cm³/mol. The fourth-order valence-corrected chi connectivity index (χ4v) is 5.21. The fraction of sp³-hybridized carbons (Fsp3) is 0.381. The van der Waals surface area contributed by atoms with Gasteiger partial charge in [0.15, 0.2) is 0 Å². The Morgan fingerprint density at radius 2 is 2.03 bits per heavy atom. The average molecular weight is 424 g/mol. The number of carbonyl (C=O) groups is 1. The molecule has 0 spiro atoms. The van der Waals surface area contributed by atoms with Crippen molar-refractivity contribution < 1.29 is 22.4 Å². The Bertz CT molecular complexity index is 918. The van der Waals surface area contributed by atoms with Gasteiger partial charge in [-0.25, -0.2) is 4.39 Å². The molecule has 2 unspecified atom stereocenters. The van der Waals surface area contributed by atoms with Crippen LogP contribution in [0.2, 0.25) is 0 Å². The van der Waals surface area contributed by atoms with Crippen LogP contribution in [0.25, 0.3) is 0 Å². The summed E-state index contributed by atoms with van der Waals surface area (Å²) in [6.07, 6.45) is -4.16. The van der Waals surface area contributed by atoms with Crippen molar-refractivity contribution in [2.75, 3.05) is 23.0 Å². The molecule has 2 atom stereocenters. The van der Waals surface area contributed by atoms with Gasteiger partial charge in [-0.2, -0.15) is 24.9 Å². The molecule has 8 heteroatoms. The molecule has 2 heterocycles. The van der Waals surface area contributed by atoms with Crippen LogP contribution in [0.15, 0.2) is 42.5 Å². The molecule has 1 saturated heterocycles. The highest BCUT2D eigenvalue weighted by atomic mass is 32.2. The van der Waals surface area contributed by atoms with Gasteiger partial charge in [0.25, 0.3) is 0 Å². The Labute approximate surface area is 170 Å². The first kappa shape index (κ1) is 20.1.